The summed E-state index contributed by atoms with van der Waals surface area (Å²) < 4.78 is 85.2. The summed E-state index contributed by atoms with van der Waals surface area (Å²) in [4.78, 5) is 4.72. The molecular weight excluding hydrogens is 387 g/mol. The molecule has 2 unspecified atom stereocenters. The maximum absolute atomic E-state index is 14.6. The van der Waals surface area contributed by atoms with Crippen LogP contribution < -0.4 is 0 Å². The van der Waals surface area contributed by atoms with Gasteiger partial charge in [-0.05, 0) is 100 Å². The quantitative estimate of drug-likeness (QED) is 0.460. The van der Waals surface area contributed by atoms with Gasteiger partial charge in [-0.3, -0.25) is 0 Å². The van der Waals surface area contributed by atoms with Crippen molar-refractivity contribution in [1.29, 1.82) is 0 Å². The molecule has 0 N–H and O–H groups in total. The minimum Gasteiger partial charge on any atom is -0.358 e. The average Bonchev–Trinajstić information content (AvgIpc) is 3.15. The highest BCUT2D eigenvalue weighted by atomic mass is 19.1. The van der Waals surface area contributed by atoms with Crippen LogP contribution in [0.25, 0.3) is 4.85 Å². The molecule has 3 atom stereocenters. The number of benzene rings is 2. The molecule has 2 aromatic rings. The standard InChI is InChI=1S/C27H35FN2O/c1-16(2)30(9)15-17(3)14-27(23-10-11-25(28)20(6)19(23)5)24-12-18(4)26(29-8)13-22(24)21(7)31-27/h10-13,16-17,21H,14-15H2,1-7,9H3/t17?,21?,27-/m0/s1/i12D,13D,14D2,15D2,17D. The normalized spacial score (nSPS) is 26.6. The molecule has 3 rings (SSSR count). The molecule has 0 radical (unpaired) electrons. The molecule has 0 saturated heterocycles. The van der Waals surface area contributed by atoms with E-state index in [1.165, 1.54) is 37.9 Å². The number of fused-ring (bicyclic) bond motifs is 1. The van der Waals surface area contributed by atoms with Gasteiger partial charge in [0.15, 0.2) is 5.69 Å². The van der Waals surface area contributed by atoms with E-state index in [0.29, 0.717) is 5.56 Å². The average molecular weight is 430 g/mol. The maximum atomic E-state index is 14.6. The van der Waals surface area contributed by atoms with Gasteiger partial charge in [-0.15, -0.1) is 0 Å². The molecule has 1 heterocycles. The van der Waals surface area contributed by atoms with Crippen molar-refractivity contribution in [3.8, 4) is 0 Å². The molecule has 1 aliphatic heterocycles. The number of hydrogen-bond acceptors (Lipinski definition) is 2. The van der Waals surface area contributed by atoms with Gasteiger partial charge in [0.1, 0.15) is 11.4 Å². The van der Waals surface area contributed by atoms with E-state index in [1.54, 1.807) is 27.7 Å². The Balaban J connectivity index is 2.60. The van der Waals surface area contributed by atoms with E-state index in [9.17, 15) is 8.50 Å². The van der Waals surface area contributed by atoms with E-state index in [-0.39, 0.29) is 51.6 Å². The van der Waals surface area contributed by atoms with Crippen LogP contribution in [-0.4, -0.2) is 24.5 Å². The molecule has 2 aromatic carbocycles. The van der Waals surface area contributed by atoms with Crippen molar-refractivity contribution in [3.63, 3.8) is 0 Å². The van der Waals surface area contributed by atoms with Gasteiger partial charge >= 0.3 is 0 Å². The lowest BCUT2D eigenvalue weighted by atomic mass is 9.76. The van der Waals surface area contributed by atoms with Gasteiger partial charge in [0, 0.05) is 20.8 Å². The number of halogens is 1. The number of nitrogens with zero attached hydrogens (tertiary/aromatic N) is 2. The highest BCUT2D eigenvalue weighted by Gasteiger charge is 2.47. The van der Waals surface area contributed by atoms with Crippen molar-refractivity contribution >= 4 is 5.69 Å². The molecule has 4 heteroatoms. The van der Waals surface area contributed by atoms with Crippen molar-refractivity contribution in [2.24, 2.45) is 5.89 Å². The maximum Gasteiger partial charge on any atom is 0.190 e. The van der Waals surface area contributed by atoms with E-state index in [2.05, 4.69) is 4.85 Å². The van der Waals surface area contributed by atoms with Crippen molar-refractivity contribution < 1.29 is 18.7 Å². The summed E-state index contributed by atoms with van der Waals surface area (Å²) >= 11 is 0. The molecular formula is C27H35FN2O. The predicted octanol–water partition coefficient (Wildman–Crippen LogP) is 7.00. The van der Waals surface area contributed by atoms with Crippen molar-refractivity contribution in [1.82, 2.24) is 4.90 Å². The molecule has 0 aromatic heterocycles. The zero-order valence-electron chi connectivity index (χ0n) is 26.5. The summed E-state index contributed by atoms with van der Waals surface area (Å²) in [6, 6.07) is 1.74. The second-order valence-electron chi connectivity index (χ2n) is 8.48. The van der Waals surface area contributed by atoms with E-state index < -0.39 is 36.3 Å². The second kappa shape index (κ2) is 8.73. The molecule has 0 fully saturated rings. The van der Waals surface area contributed by atoms with E-state index in [4.69, 9.17) is 16.8 Å². The lowest BCUT2D eigenvalue weighted by Crippen LogP contribution is -2.36. The van der Waals surface area contributed by atoms with Crippen molar-refractivity contribution in [3.05, 3.63) is 74.8 Å². The van der Waals surface area contributed by atoms with Gasteiger partial charge in [-0.1, -0.05) is 25.1 Å². The first-order valence-electron chi connectivity index (χ1n) is 13.9. The van der Waals surface area contributed by atoms with E-state index >= 15 is 0 Å². The predicted molar refractivity (Wildman–Crippen MR) is 125 cm³/mol. The number of hydrogen-bond donors (Lipinski definition) is 0. The molecule has 0 aliphatic carbocycles. The zero-order chi connectivity index (χ0) is 29.3. The van der Waals surface area contributed by atoms with E-state index in [1.807, 2.05) is 0 Å². The van der Waals surface area contributed by atoms with Crippen LogP contribution in [0.5, 0.6) is 0 Å². The summed E-state index contributed by atoms with van der Waals surface area (Å²) in [5, 5.41) is 0. The minimum atomic E-state index is -2.88. The summed E-state index contributed by atoms with van der Waals surface area (Å²) in [6.45, 7) is 15.9. The summed E-state index contributed by atoms with van der Waals surface area (Å²) in [6.07, 6.45) is -3.85. The highest BCUT2D eigenvalue weighted by Crippen LogP contribution is 2.53. The molecule has 1 aliphatic rings. The van der Waals surface area contributed by atoms with Crippen LogP contribution >= 0.6 is 0 Å². The summed E-state index contributed by atoms with van der Waals surface area (Å²) in [5.41, 5.74) is -1.32. The Hall–Kier alpha value is -2.22. The molecule has 0 bridgehead atoms. The summed E-state index contributed by atoms with van der Waals surface area (Å²) in [5.74, 6) is -3.04. The van der Waals surface area contributed by atoms with Crippen LogP contribution in [-0.2, 0) is 10.3 Å². The monoisotopic (exact) mass is 429 g/mol. The smallest absolute Gasteiger partial charge is 0.190 e. The highest BCUT2D eigenvalue weighted by molar-refractivity contribution is 5.61. The number of rotatable bonds is 6. The van der Waals surface area contributed by atoms with Gasteiger partial charge in [-0.25, -0.2) is 9.24 Å². The Morgan fingerprint density at radius 2 is 1.94 bits per heavy atom. The van der Waals surface area contributed by atoms with Crippen LogP contribution in [0.1, 0.15) is 83.1 Å². The first-order chi connectivity index (χ1) is 17.2. The topological polar surface area (TPSA) is 16.8 Å². The fourth-order valence-electron chi connectivity index (χ4n) is 3.89. The molecule has 3 nitrogen and oxygen atoms in total. The Kier molecular flexibility index (Phi) is 4.38. The van der Waals surface area contributed by atoms with Gasteiger partial charge < -0.3 is 9.64 Å². The van der Waals surface area contributed by atoms with Gasteiger partial charge in [-0.2, -0.15) is 0 Å². The van der Waals surface area contributed by atoms with Gasteiger partial charge in [0.2, 0.25) is 0 Å². The van der Waals surface area contributed by atoms with E-state index in [0.717, 1.165) is 6.92 Å². The lowest BCUT2D eigenvalue weighted by molar-refractivity contribution is -0.0567. The zero-order valence-corrected chi connectivity index (χ0v) is 19.5. The minimum absolute atomic E-state index is 0.0273. The Morgan fingerprint density at radius 1 is 1.26 bits per heavy atom. The fraction of sp³-hybridized carbons (Fsp3) is 0.519. The molecule has 0 saturated carbocycles. The SMILES string of the molecule is [2H]c1c([N+]#[C-])c(C)c([2H])c2c1C(C)O[C@]2(c1ccc(F)c(C)c1C)C([2H])([2H])C([2H])(C)C([2H])([2H])N(C)C(C)C. The fourth-order valence-corrected chi connectivity index (χ4v) is 3.89. The Labute approximate surface area is 196 Å². The van der Waals surface area contributed by atoms with Crippen LogP contribution in [0, 0.1) is 39.1 Å². The first kappa shape index (κ1) is 15.6. The molecule has 31 heavy (non-hydrogen) atoms. The van der Waals surface area contributed by atoms with Gasteiger partial charge in [0.25, 0.3) is 0 Å². The second-order valence-corrected chi connectivity index (χ2v) is 8.48. The third kappa shape index (κ3) is 4.14. The molecule has 0 amide bonds. The third-order valence-electron chi connectivity index (χ3n) is 6.00. The molecule has 166 valence electrons. The summed E-state index contributed by atoms with van der Waals surface area (Å²) in [7, 11) is 1.48. The Bertz CT molecular complexity index is 1340. The van der Waals surface area contributed by atoms with Crippen molar-refractivity contribution in [2.75, 3.05) is 13.5 Å². The van der Waals surface area contributed by atoms with Crippen molar-refractivity contribution in [2.45, 2.75) is 72.6 Å². The largest absolute Gasteiger partial charge is 0.358 e. The Morgan fingerprint density at radius 3 is 2.55 bits per heavy atom. The van der Waals surface area contributed by atoms with Crippen LogP contribution in [0.4, 0.5) is 10.1 Å². The number of ether oxygens (including phenoxy) is 1. The lowest BCUT2D eigenvalue weighted by Gasteiger charge is -2.37. The van der Waals surface area contributed by atoms with Crippen LogP contribution in [0.2, 0.25) is 0 Å². The van der Waals surface area contributed by atoms with Gasteiger partial charge in [0.05, 0.1) is 14.0 Å². The molecule has 0 spiro atoms. The van der Waals surface area contributed by atoms with Crippen LogP contribution in [0.3, 0.4) is 0 Å². The third-order valence-corrected chi connectivity index (χ3v) is 6.00. The van der Waals surface area contributed by atoms with Crippen LogP contribution in [0.15, 0.2) is 24.2 Å². The first-order valence-corrected chi connectivity index (χ1v) is 10.4.